The number of hydrogen-bond acceptors (Lipinski definition) is 7. The van der Waals surface area contributed by atoms with Gasteiger partial charge in [-0.1, -0.05) is 37.6 Å². The third-order valence-electron chi connectivity index (χ3n) is 7.19. The molecule has 0 spiro atoms. The lowest BCUT2D eigenvalue weighted by Gasteiger charge is -2.37. The number of Topliss-reactive ketones (excluding diaryl/α,β-unsaturated/α-hetero) is 1. The molecular formula is C31H37NO6. The molecule has 7 nitrogen and oxygen atoms in total. The number of hydrogen-bond donors (Lipinski definition) is 1. The standard InChI is InChI=1S/C31H37NO6/c1-6-8-15-38-31(34)28-19(3)32-23-16-21(20-13-14-26(35-4)27(18-20)36-5)17-24(33)30(23)29(28)22-11-9-10-12-25(22)37-7-2/h9-14,18,21,29,32H,6-8,15-17H2,1-5H3/t21-,29-/m0/s1. The molecular weight excluding hydrogens is 482 g/mol. The summed E-state index contributed by atoms with van der Waals surface area (Å²) >= 11 is 0. The summed E-state index contributed by atoms with van der Waals surface area (Å²) in [5.74, 6) is 0.930. The summed E-state index contributed by atoms with van der Waals surface area (Å²) in [5.41, 5.74) is 4.40. The molecule has 38 heavy (non-hydrogen) atoms. The van der Waals surface area contributed by atoms with Gasteiger partial charge in [0.2, 0.25) is 0 Å². The summed E-state index contributed by atoms with van der Waals surface area (Å²) in [6, 6.07) is 13.4. The van der Waals surface area contributed by atoms with Crippen LogP contribution >= 0.6 is 0 Å². The van der Waals surface area contributed by atoms with Crippen molar-refractivity contribution in [3.8, 4) is 17.2 Å². The van der Waals surface area contributed by atoms with E-state index in [0.29, 0.717) is 60.1 Å². The maximum atomic E-state index is 13.9. The zero-order valence-corrected chi connectivity index (χ0v) is 22.9. The average molecular weight is 520 g/mol. The Labute approximate surface area is 224 Å². The molecule has 0 saturated heterocycles. The molecule has 2 aliphatic rings. The van der Waals surface area contributed by atoms with Crippen molar-refractivity contribution in [1.82, 2.24) is 5.32 Å². The van der Waals surface area contributed by atoms with Crippen molar-refractivity contribution < 1.29 is 28.5 Å². The summed E-state index contributed by atoms with van der Waals surface area (Å²) in [4.78, 5) is 27.3. The Morgan fingerprint density at radius 1 is 1.00 bits per heavy atom. The number of unbranched alkanes of at least 4 members (excludes halogenated alkanes) is 1. The van der Waals surface area contributed by atoms with Gasteiger partial charge in [0.15, 0.2) is 17.3 Å². The van der Waals surface area contributed by atoms with Crippen LogP contribution in [0.2, 0.25) is 0 Å². The van der Waals surface area contributed by atoms with E-state index in [0.717, 1.165) is 29.7 Å². The SMILES string of the molecule is CCCCOC(=O)C1=C(C)NC2=C(C(=O)C[C@@H](c3ccc(OC)c(OC)c3)C2)[C@H]1c1ccccc1OCC. The summed E-state index contributed by atoms with van der Waals surface area (Å²) < 4.78 is 22.5. The van der Waals surface area contributed by atoms with E-state index in [1.165, 1.54) is 0 Å². The fourth-order valence-corrected chi connectivity index (χ4v) is 5.36. The van der Waals surface area contributed by atoms with E-state index in [4.69, 9.17) is 18.9 Å². The van der Waals surface area contributed by atoms with Gasteiger partial charge in [-0.05, 0) is 56.4 Å². The zero-order chi connectivity index (χ0) is 27.2. The van der Waals surface area contributed by atoms with Gasteiger partial charge in [0.1, 0.15) is 5.75 Å². The molecule has 0 unspecified atom stereocenters. The van der Waals surface area contributed by atoms with E-state index < -0.39 is 11.9 Å². The molecule has 0 saturated carbocycles. The largest absolute Gasteiger partial charge is 0.494 e. The Balaban J connectivity index is 1.78. The molecule has 0 radical (unpaired) electrons. The summed E-state index contributed by atoms with van der Waals surface area (Å²) in [5, 5.41) is 3.41. The lowest BCUT2D eigenvalue weighted by atomic mass is 9.71. The fraction of sp³-hybridized carbons (Fsp3) is 0.419. The highest BCUT2D eigenvalue weighted by molar-refractivity contribution is 6.04. The second kappa shape index (κ2) is 12.2. The molecule has 2 aromatic rings. The van der Waals surface area contributed by atoms with Gasteiger partial charge in [-0.3, -0.25) is 4.79 Å². The first-order valence-electron chi connectivity index (χ1n) is 13.3. The number of ether oxygens (including phenoxy) is 4. The Morgan fingerprint density at radius 3 is 2.47 bits per heavy atom. The number of nitrogens with one attached hydrogen (secondary N) is 1. The van der Waals surface area contributed by atoms with Crippen LogP contribution in [0.3, 0.4) is 0 Å². The number of ketones is 1. The number of methoxy groups -OCH3 is 2. The van der Waals surface area contributed by atoms with E-state index in [-0.39, 0.29) is 11.7 Å². The second-order valence-electron chi connectivity index (χ2n) is 9.59. The molecule has 0 amide bonds. The quantitative estimate of drug-likeness (QED) is 0.313. The maximum absolute atomic E-state index is 13.9. The highest BCUT2D eigenvalue weighted by Gasteiger charge is 2.42. The number of esters is 1. The first kappa shape index (κ1) is 27.3. The van der Waals surface area contributed by atoms with Crippen LogP contribution in [0.25, 0.3) is 0 Å². The molecule has 2 atom stereocenters. The number of allylic oxidation sites excluding steroid dienone is 3. The van der Waals surface area contributed by atoms with Crippen LogP contribution in [0.1, 0.15) is 69.4 Å². The van der Waals surface area contributed by atoms with Crippen molar-refractivity contribution in [3.05, 3.63) is 76.1 Å². The topological polar surface area (TPSA) is 83.1 Å². The first-order chi connectivity index (χ1) is 18.4. The molecule has 1 N–H and O–H groups in total. The molecule has 4 rings (SSSR count). The minimum Gasteiger partial charge on any atom is -0.494 e. The minimum atomic E-state index is -0.568. The van der Waals surface area contributed by atoms with Gasteiger partial charge >= 0.3 is 5.97 Å². The second-order valence-corrected chi connectivity index (χ2v) is 9.59. The number of rotatable bonds is 10. The van der Waals surface area contributed by atoms with Crippen LogP contribution in [0.5, 0.6) is 17.2 Å². The van der Waals surface area contributed by atoms with Gasteiger partial charge in [0.05, 0.1) is 38.9 Å². The van der Waals surface area contributed by atoms with Crippen LogP contribution in [0.4, 0.5) is 0 Å². The Morgan fingerprint density at radius 2 is 1.76 bits per heavy atom. The Kier molecular flexibility index (Phi) is 8.77. The molecule has 1 heterocycles. The smallest absolute Gasteiger partial charge is 0.336 e. The third-order valence-corrected chi connectivity index (χ3v) is 7.19. The van der Waals surface area contributed by atoms with Crippen molar-refractivity contribution in [2.45, 2.75) is 58.3 Å². The normalized spacial score (nSPS) is 19.0. The number of carbonyl (C=O) groups is 2. The van der Waals surface area contributed by atoms with Crippen molar-refractivity contribution in [2.24, 2.45) is 0 Å². The predicted molar refractivity (Wildman–Crippen MR) is 146 cm³/mol. The Hall–Kier alpha value is -3.74. The van der Waals surface area contributed by atoms with Crippen molar-refractivity contribution >= 4 is 11.8 Å². The van der Waals surface area contributed by atoms with Gasteiger partial charge in [0, 0.05) is 29.0 Å². The molecule has 0 fully saturated rings. The van der Waals surface area contributed by atoms with Gasteiger partial charge in [-0.25, -0.2) is 4.79 Å². The first-order valence-corrected chi connectivity index (χ1v) is 13.3. The number of para-hydroxylation sites is 1. The third kappa shape index (κ3) is 5.42. The van der Waals surface area contributed by atoms with Crippen molar-refractivity contribution in [2.75, 3.05) is 27.4 Å². The highest BCUT2D eigenvalue weighted by Crippen LogP contribution is 2.48. The lowest BCUT2D eigenvalue weighted by molar-refractivity contribution is -0.139. The van der Waals surface area contributed by atoms with Crippen LogP contribution in [-0.4, -0.2) is 39.2 Å². The molecule has 0 bridgehead atoms. The van der Waals surface area contributed by atoms with Crippen LogP contribution in [0.15, 0.2) is 65.0 Å². The average Bonchev–Trinajstić information content (AvgIpc) is 2.92. The molecule has 7 heteroatoms. The fourth-order valence-electron chi connectivity index (χ4n) is 5.36. The van der Waals surface area contributed by atoms with Gasteiger partial charge in [-0.2, -0.15) is 0 Å². The molecule has 202 valence electrons. The molecule has 1 aliphatic heterocycles. The predicted octanol–water partition coefficient (Wildman–Crippen LogP) is 5.81. The van der Waals surface area contributed by atoms with E-state index in [9.17, 15) is 9.59 Å². The van der Waals surface area contributed by atoms with Gasteiger partial charge in [-0.15, -0.1) is 0 Å². The van der Waals surface area contributed by atoms with Gasteiger partial charge in [0.25, 0.3) is 0 Å². The van der Waals surface area contributed by atoms with Crippen molar-refractivity contribution in [3.63, 3.8) is 0 Å². The molecule has 0 aromatic heterocycles. The number of benzene rings is 2. The summed E-state index contributed by atoms with van der Waals surface area (Å²) in [6.07, 6.45) is 2.65. The number of carbonyl (C=O) groups excluding carboxylic acids is 2. The Bertz CT molecular complexity index is 1260. The molecule has 2 aromatic carbocycles. The highest BCUT2D eigenvalue weighted by atomic mass is 16.5. The zero-order valence-electron chi connectivity index (χ0n) is 22.9. The van der Waals surface area contributed by atoms with E-state index in [1.807, 2.05) is 63.2 Å². The summed E-state index contributed by atoms with van der Waals surface area (Å²) in [7, 11) is 3.21. The maximum Gasteiger partial charge on any atom is 0.336 e. The molecule has 1 aliphatic carbocycles. The minimum absolute atomic E-state index is 0.00111. The number of dihydropyridines is 1. The summed E-state index contributed by atoms with van der Waals surface area (Å²) in [6.45, 7) is 6.66. The van der Waals surface area contributed by atoms with Crippen LogP contribution in [-0.2, 0) is 14.3 Å². The monoisotopic (exact) mass is 519 g/mol. The van der Waals surface area contributed by atoms with Crippen molar-refractivity contribution in [1.29, 1.82) is 0 Å². The lowest BCUT2D eigenvalue weighted by Crippen LogP contribution is -2.36. The van der Waals surface area contributed by atoms with Crippen LogP contribution in [0, 0.1) is 0 Å². The van der Waals surface area contributed by atoms with E-state index >= 15 is 0 Å². The van der Waals surface area contributed by atoms with Gasteiger partial charge < -0.3 is 24.3 Å². The van der Waals surface area contributed by atoms with E-state index in [1.54, 1.807) is 14.2 Å². The van der Waals surface area contributed by atoms with Crippen LogP contribution < -0.4 is 19.5 Å². The van der Waals surface area contributed by atoms with E-state index in [2.05, 4.69) is 5.32 Å².